The standard InChI is InChI=1S/C14H23N5O2/c1-2-13-16-12(17-21-13)10-19-7-3-4-11(19)14(20)18-8-5-15-6-9-18/h11,15H,2-10H2,1H3. The van der Waals surface area contributed by atoms with Crippen molar-refractivity contribution in [2.24, 2.45) is 0 Å². The number of amides is 1. The third kappa shape index (κ3) is 3.24. The largest absolute Gasteiger partial charge is 0.339 e. The average molecular weight is 293 g/mol. The Bertz CT molecular complexity index is 483. The highest BCUT2D eigenvalue weighted by atomic mass is 16.5. The molecule has 1 unspecified atom stereocenters. The van der Waals surface area contributed by atoms with Gasteiger partial charge in [-0.1, -0.05) is 12.1 Å². The molecule has 0 spiro atoms. The lowest BCUT2D eigenvalue weighted by Gasteiger charge is -2.32. The number of carbonyl (C=O) groups is 1. The van der Waals surface area contributed by atoms with Gasteiger partial charge in [0.25, 0.3) is 0 Å². The molecule has 2 saturated heterocycles. The van der Waals surface area contributed by atoms with Gasteiger partial charge in [-0.3, -0.25) is 9.69 Å². The summed E-state index contributed by atoms with van der Waals surface area (Å²) >= 11 is 0. The number of rotatable bonds is 4. The first kappa shape index (κ1) is 14.5. The van der Waals surface area contributed by atoms with Crippen LogP contribution in [-0.4, -0.2) is 64.6 Å². The smallest absolute Gasteiger partial charge is 0.240 e. The zero-order chi connectivity index (χ0) is 14.7. The van der Waals surface area contributed by atoms with Crippen molar-refractivity contribution in [1.82, 2.24) is 25.3 Å². The fraction of sp³-hybridized carbons (Fsp3) is 0.786. The summed E-state index contributed by atoms with van der Waals surface area (Å²) in [6.07, 6.45) is 2.73. The van der Waals surface area contributed by atoms with Gasteiger partial charge in [0.1, 0.15) is 0 Å². The molecular formula is C14H23N5O2. The van der Waals surface area contributed by atoms with Gasteiger partial charge in [0, 0.05) is 32.6 Å². The lowest BCUT2D eigenvalue weighted by atomic mass is 10.1. The normalized spacial score (nSPS) is 23.7. The van der Waals surface area contributed by atoms with Gasteiger partial charge in [0.2, 0.25) is 11.8 Å². The van der Waals surface area contributed by atoms with E-state index in [0.29, 0.717) is 18.3 Å². The van der Waals surface area contributed by atoms with E-state index in [2.05, 4.69) is 20.4 Å². The van der Waals surface area contributed by atoms with Gasteiger partial charge in [-0.15, -0.1) is 0 Å². The molecule has 0 aromatic carbocycles. The minimum atomic E-state index is -0.0216. The van der Waals surface area contributed by atoms with Gasteiger partial charge in [-0.25, -0.2) is 0 Å². The Morgan fingerprint density at radius 2 is 2.19 bits per heavy atom. The molecule has 7 heteroatoms. The van der Waals surface area contributed by atoms with Crippen LogP contribution >= 0.6 is 0 Å². The van der Waals surface area contributed by atoms with E-state index >= 15 is 0 Å². The number of aromatic nitrogens is 2. The molecule has 2 fully saturated rings. The van der Waals surface area contributed by atoms with Crippen molar-refractivity contribution in [2.45, 2.75) is 38.8 Å². The first-order chi connectivity index (χ1) is 10.3. The number of carbonyl (C=O) groups excluding carboxylic acids is 1. The number of piperazine rings is 1. The van der Waals surface area contributed by atoms with Crippen LogP contribution in [0.1, 0.15) is 31.5 Å². The molecule has 116 valence electrons. The number of nitrogens with one attached hydrogen (secondary N) is 1. The van der Waals surface area contributed by atoms with Crippen molar-refractivity contribution in [3.63, 3.8) is 0 Å². The van der Waals surface area contributed by atoms with Crippen molar-refractivity contribution < 1.29 is 9.32 Å². The Balaban J connectivity index is 1.62. The van der Waals surface area contributed by atoms with E-state index in [1.54, 1.807) is 0 Å². The Labute approximate surface area is 124 Å². The number of nitrogens with zero attached hydrogens (tertiary/aromatic N) is 4. The highest BCUT2D eigenvalue weighted by molar-refractivity contribution is 5.82. The van der Waals surface area contributed by atoms with Crippen LogP contribution in [0.25, 0.3) is 0 Å². The summed E-state index contributed by atoms with van der Waals surface area (Å²) < 4.78 is 5.14. The number of aryl methyl sites for hydroxylation is 1. The Kier molecular flexibility index (Phi) is 4.50. The zero-order valence-corrected chi connectivity index (χ0v) is 12.5. The summed E-state index contributed by atoms with van der Waals surface area (Å²) in [4.78, 5) is 21.2. The Morgan fingerprint density at radius 1 is 1.38 bits per heavy atom. The van der Waals surface area contributed by atoms with Crippen LogP contribution in [0.2, 0.25) is 0 Å². The number of hydrogen-bond acceptors (Lipinski definition) is 6. The summed E-state index contributed by atoms with van der Waals surface area (Å²) in [6, 6.07) is -0.0216. The highest BCUT2D eigenvalue weighted by Gasteiger charge is 2.34. The maximum atomic E-state index is 12.7. The van der Waals surface area contributed by atoms with Crippen molar-refractivity contribution in [3.8, 4) is 0 Å². The van der Waals surface area contributed by atoms with E-state index < -0.39 is 0 Å². The topological polar surface area (TPSA) is 74.5 Å². The van der Waals surface area contributed by atoms with Crippen LogP contribution in [0.3, 0.4) is 0 Å². The highest BCUT2D eigenvalue weighted by Crippen LogP contribution is 2.21. The van der Waals surface area contributed by atoms with Gasteiger partial charge >= 0.3 is 0 Å². The lowest BCUT2D eigenvalue weighted by Crippen LogP contribution is -2.52. The molecule has 3 heterocycles. The second-order valence-corrected chi connectivity index (χ2v) is 5.66. The van der Waals surface area contributed by atoms with Crippen LogP contribution in [0, 0.1) is 0 Å². The molecule has 0 bridgehead atoms. The summed E-state index contributed by atoms with van der Waals surface area (Å²) in [5.41, 5.74) is 0. The third-order valence-electron chi connectivity index (χ3n) is 4.23. The fourth-order valence-corrected chi connectivity index (χ4v) is 3.07. The van der Waals surface area contributed by atoms with Crippen molar-refractivity contribution >= 4 is 5.91 Å². The molecule has 7 nitrogen and oxygen atoms in total. The van der Waals surface area contributed by atoms with E-state index in [1.165, 1.54) is 0 Å². The molecule has 2 aliphatic rings. The Hall–Kier alpha value is -1.47. The molecule has 2 aliphatic heterocycles. The van der Waals surface area contributed by atoms with Crippen molar-refractivity contribution in [1.29, 1.82) is 0 Å². The molecular weight excluding hydrogens is 270 g/mol. The van der Waals surface area contributed by atoms with E-state index in [4.69, 9.17) is 4.52 Å². The summed E-state index contributed by atoms with van der Waals surface area (Å²) in [7, 11) is 0. The van der Waals surface area contributed by atoms with Crippen LogP contribution in [-0.2, 0) is 17.8 Å². The summed E-state index contributed by atoms with van der Waals surface area (Å²) in [5, 5.41) is 7.27. The van der Waals surface area contributed by atoms with Crippen LogP contribution in [0.5, 0.6) is 0 Å². The molecule has 21 heavy (non-hydrogen) atoms. The summed E-state index contributed by atoms with van der Waals surface area (Å²) in [6.45, 7) is 6.93. The van der Waals surface area contributed by atoms with E-state index in [9.17, 15) is 4.79 Å². The molecule has 1 atom stereocenters. The molecule has 1 aromatic heterocycles. The summed E-state index contributed by atoms with van der Waals surface area (Å²) in [5.74, 6) is 1.61. The third-order valence-corrected chi connectivity index (χ3v) is 4.23. The SMILES string of the molecule is CCc1nc(CN2CCCC2C(=O)N2CCNCC2)no1. The minimum absolute atomic E-state index is 0.0216. The van der Waals surface area contributed by atoms with Gasteiger partial charge in [0.15, 0.2) is 5.82 Å². The van der Waals surface area contributed by atoms with Gasteiger partial charge < -0.3 is 14.7 Å². The molecule has 0 saturated carbocycles. The maximum absolute atomic E-state index is 12.7. The molecule has 1 aromatic rings. The van der Waals surface area contributed by atoms with Gasteiger partial charge in [-0.2, -0.15) is 4.98 Å². The van der Waals surface area contributed by atoms with Crippen molar-refractivity contribution in [3.05, 3.63) is 11.7 Å². The van der Waals surface area contributed by atoms with Gasteiger partial charge in [-0.05, 0) is 19.4 Å². The average Bonchev–Trinajstić information content (AvgIpc) is 3.17. The van der Waals surface area contributed by atoms with E-state index in [1.807, 2.05) is 11.8 Å². The fourth-order valence-electron chi connectivity index (χ4n) is 3.07. The first-order valence-electron chi connectivity index (χ1n) is 7.83. The van der Waals surface area contributed by atoms with E-state index in [-0.39, 0.29) is 11.9 Å². The molecule has 0 radical (unpaired) electrons. The van der Waals surface area contributed by atoms with Gasteiger partial charge in [0.05, 0.1) is 12.6 Å². The molecule has 1 N–H and O–H groups in total. The second kappa shape index (κ2) is 6.53. The predicted molar refractivity (Wildman–Crippen MR) is 76.6 cm³/mol. The number of hydrogen-bond donors (Lipinski definition) is 1. The Morgan fingerprint density at radius 3 is 2.90 bits per heavy atom. The van der Waals surface area contributed by atoms with Crippen LogP contribution in [0.4, 0.5) is 0 Å². The first-order valence-corrected chi connectivity index (χ1v) is 7.83. The van der Waals surface area contributed by atoms with Crippen LogP contribution < -0.4 is 5.32 Å². The quantitative estimate of drug-likeness (QED) is 0.844. The zero-order valence-electron chi connectivity index (χ0n) is 12.5. The lowest BCUT2D eigenvalue weighted by molar-refractivity contribution is -0.136. The maximum Gasteiger partial charge on any atom is 0.240 e. The molecule has 1 amide bonds. The van der Waals surface area contributed by atoms with E-state index in [0.717, 1.165) is 52.0 Å². The number of likely N-dealkylation sites (tertiary alicyclic amines) is 1. The minimum Gasteiger partial charge on any atom is -0.339 e. The monoisotopic (exact) mass is 293 g/mol. The van der Waals surface area contributed by atoms with Crippen LogP contribution in [0.15, 0.2) is 4.52 Å². The molecule has 0 aliphatic carbocycles. The molecule has 3 rings (SSSR count). The van der Waals surface area contributed by atoms with Crippen molar-refractivity contribution in [2.75, 3.05) is 32.7 Å². The second-order valence-electron chi connectivity index (χ2n) is 5.66. The predicted octanol–water partition coefficient (Wildman–Crippen LogP) is 0.0282.